The summed E-state index contributed by atoms with van der Waals surface area (Å²) in [5.74, 6) is -0.646. The molecule has 49 heavy (non-hydrogen) atoms. The summed E-state index contributed by atoms with van der Waals surface area (Å²) in [6, 6.07) is 9.45. The van der Waals surface area contributed by atoms with Crippen LogP contribution >= 0.6 is 11.6 Å². The number of halogens is 8. The van der Waals surface area contributed by atoms with Gasteiger partial charge in [-0.3, -0.25) is 9.99 Å². The summed E-state index contributed by atoms with van der Waals surface area (Å²) in [5.41, 5.74) is 5.13. The molecule has 3 aromatic carbocycles. The first-order chi connectivity index (χ1) is 23.2. The van der Waals surface area contributed by atoms with Gasteiger partial charge in [-0.25, -0.2) is 4.39 Å². The van der Waals surface area contributed by atoms with Crippen molar-refractivity contribution in [1.29, 1.82) is 5.26 Å². The third-order valence-corrected chi connectivity index (χ3v) is 8.64. The number of aryl methyl sites for hydroxylation is 1. The van der Waals surface area contributed by atoms with Crippen LogP contribution in [0.25, 0.3) is 10.9 Å². The number of piperidine rings is 1. The Bertz CT molecular complexity index is 1930. The van der Waals surface area contributed by atoms with Gasteiger partial charge in [0.05, 0.1) is 44.7 Å². The second-order valence-electron chi connectivity index (χ2n) is 11.7. The lowest BCUT2D eigenvalue weighted by Gasteiger charge is -2.30. The Hall–Kier alpha value is -4.78. The van der Waals surface area contributed by atoms with Crippen LogP contribution in [0.1, 0.15) is 46.7 Å². The standard InChI is InChI=1S/C33H28ClF7N8/c1-17-8-23(12-25-29(17)44-15-19(14-42)30(25)45-22-2-3-27(35)26(34)13-22)46-31(28-16-49(48-47-28)24-4-6-43-7-5-24)18-9-20(32(36,37)38)11-21(10-18)33(39,40)41/h2-3,8-13,15-16,24,31,43,46-48H,4-7H2,1H3,(H,44,45). The molecule has 8 nitrogen and oxygen atoms in total. The van der Waals surface area contributed by atoms with Crippen LogP contribution in [0.4, 0.5) is 47.8 Å². The van der Waals surface area contributed by atoms with Gasteiger partial charge < -0.3 is 21.4 Å². The second kappa shape index (κ2) is 13.3. The van der Waals surface area contributed by atoms with Gasteiger partial charge in [-0.05, 0) is 92.5 Å². The molecule has 0 amide bonds. The first kappa shape index (κ1) is 34.1. The van der Waals surface area contributed by atoms with Crippen LogP contribution in [0.15, 0.2) is 66.6 Å². The highest BCUT2D eigenvalue weighted by Crippen LogP contribution is 2.40. The van der Waals surface area contributed by atoms with E-state index in [0.717, 1.165) is 32.0 Å². The number of nitrogens with one attached hydrogen (secondary N) is 5. The number of rotatable bonds is 7. The van der Waals surface area contributed by atoms with E-state index in [-0.39, 0.29) is 39.6 Å². The minimum absolute atomic E-state index is 0.0196. The van der Waals surface area contributed by atoms with E-state index in [1.165, 1.54) is 18.3 Å². The SMILES string of the molecule is Cc1cc(NC(C2=CN(C3CCNCC3)NN2)c2cc(C(F)(F)F)cc(C(F)(F)F)c2)cc2c(Nc3ccc(F)c(Cl)c3)c(C#N)cnc12. The summed E-state index contributed by atoms with van der Waals surface area (Å²) < 4.78 is 97.7. The number of aromatic nitrogens is 1. The molecule has 2 aliphatic rings. The predicted octanol–water partition coefficient (Wildman–Crippen LogP) is 8.06. The van der Waals surface area contributed by atoms with Crippen molar-refractivity contribution in [3.8, 4) is 6.07 Å². The third-order valence-electron chi connectivity index (χ3n) is 8.35. The van der Waals surface area contributed by atoms with Crippen molar-refractivity contribution in [2.75, 3.05) is 23.7 Å². The van der Waals surface area contributed by atoms with E-state index in [9.17, 15) is 36.0 Å². The van der Waals surface area contributed by atoms with E-state index in [4.69, 9.17) is 11.6 Å². The van der Waals surface area contributed by atoms with Crippen molar-refractivity contribution >= 4 is 39.6 Å². The average Bonchev–Trinajstić information content (AvgIpc) is 3.55. The highest BCUT2D eigenvalue weighted by molar-refractivity contribution is 6.31. The third kappa shape index (κ3) is 7.31. The van der Waals surface area contributed by atoms with Crippen LogP contribution in [-0.4, -0.2) is 29.1 Å². The number of hydrogen-bond donors (Lipinski definition) is 5. The molecule has 2 aliphatic heterocycles. The summed E-state index contributed by atoms with van der Waals surface area (Å²) in [6.45, 7) is 3.21. The molecule has 4 aromatic rings. The number of hydrogen-bond acceptors (Lipinski definition) is 8. The molecule has 1 fully saturated rings. The first-order valence-corrected chi connectivity index (χ1v) is 15.4. The number of nitriles is 1. The van der Waals surface area contributed by atoms with Gasteiger partial charge in [0.1, 0.15) is 11.9 Å². The van der Waals surface area contributed by atoms with Gasteiger partial charge in [-0.2, -0.15) is 31.6 Å². The van der Waals surface area contributed by atoms with E-state index < -0.39 is 35.3 Å². The van der Waals surface area contributed by atoms with Crippen LogP contribution in [0.2, 0.25) is 5.02 Å². The summed E-state index contributed by atoms with van der Waals surface area (Å²) in [6.07, 6.45) is -5.61. The zero-order valence-electron chi connectivity index (χ0n) is 25.6. The van der Waals surface area contributed by atoms with E-state index in [2.05, 4.69) is 38.0 Å². The number of nitrogens with zero attached hydrogens (tertiary/aromatic N) is 3. The predicted molar refractivity (Wildman–Crippen MR) is 171 cm³/mol. The van der Waals surface area contributed by atoms with Crippen molar-refractivity contribution in [3.63, 3.8) is 0 Å². The molecule has 0 saturated carbocycles. The molecule has 1 atom stereocenters. The molecular weight excluding hydrogens is 677 g/mol. The van der Waals surface area contributed by atoms with Crippen LogP contribution in [0, 0.1) is 24.1 Å². The molecule has 16 heteroatoms. The molecular formula is C33H28ClF7N8. The maximum atomic E-state index is 14.0. The van der Waals surface area contributed by atoms with Gasteiger partial charge in [-0.1, -0.05) is 11.6 Å². The Kier molecular flexibility index (Phi) is 9.23. The number of fused-ring (bicyclic) bond motifs is 1. The Balaban J connectivity index is 1.48. The molecule has 0 radical (unpaired) electrons. The van der Waals surface area contributed by atoms with E-state index in [1.807, 2.05) is 0 Å². The minimum atomic E-state index is -5.06. The fourth-order valence-corrected chi connectivity index (χ4v) is 6.11. The van der Waals surface area contributed by atoms with Crippen LogP contribution < -0.4 is 26.9 Å². The monoisotopic (exact) mass is 704 g/mol. The smallest absolute Gasteiger partial charge is 0.373 e. The molecule has 5 N–H and O–H groups in total. The van der Waals surface area contributed by atoms with Gasteiger partial charge in [0.2, 0.25) is 0 Å². The van der Waals surface area contributed by atoms with Gasteiger partial charge in [0.25, 0.3) is 0 Å². The maximum Gasteiger partial charge on any atom is 0.416 e. The van der Waals surface area contributed by atoms with Gasteiger partial charge in [0.15, 0.2) is 0 Å². The number of hydrazine groups is 2. The molecule has 6 rings (SSSR count). The van der Waals surface area contributed by atoms with Crippen molar-refractivity contribution < 1.29 is 30.7 Å². The fraction of sp³-hybridized carbons (Fsp3) is 0.273. The largest absolute Gasteiger partial charge is 0.416 e. The summed E-state index contributed by atoms with van der Waals surface area (Å²) in [5, 5.41) is 21.4. The first-order valence-electron chi connectivity index (χ1n) is 15.0. The Morgan fingerprint density at radius 3 is 2.31 bits per heavy atom. The topological polar surface area (TPSA) is 100 Å². The summed E-state index contributed by atoms with van der Waals surface area (Å²) in [7, 11) is 0. The Morgan fingerprint density at radius 1 is 0.980 bits per heavy atom. The quantitative estimate of drug-likeness (QED) is 0.123. The lowest BCUT2D eigenvalue weighted by molar-refractivity contribution is -0.143. The fourth-order valence-electron chi connectivity index (χ4n) is 5.93. The maximum absolute atomic E-state index is 14.0. The highest BCUT2D eigenvalue weighted by Gasteiger charge is 2.38. The molecule has 1 saturated heterocycles. The van der Waals surface area contributed by atoms with E-state index in [1.54, 1.807) is 30.3 Å². The zero-order chi connectivity index (χ0) is 35.1. The molecule has 1 aromatic heterocycles. The van der Waals surface area contributed by atoms with Crippen LogP contribution in [-0.2, 0) is 12.4 Å². The minimum Gasteiger partial charge on any atom is -0.373 e. The number of benzene rings is 3. The summed E-state index contributed by atoms with van der Waals surface area (Å²) in [4.78, 5) is 4.41. The van der Waals surface area contributed by atoms with E-state index >= 15 is 0 Å². The molecule has 0 aliphatic carbocycles. The number of anilines is 3. The number of pyridine rings is 1. The lowest BCUT2D eigenvalue weighted by atomic mass is 9.96. The molecule has 256 valence electrons. The number of alkyl halides is 6. The highest BCUT2D eigenvalue weighted by atomic mass is 35.5. The van der Waals surface area contributed by atoms with Crippen LogP contribution in [0.5, 0.6) is 0 Å². The molecule has 1 unspecified atom stereocenters. The summed E-state index contributed by atoms with van der Waals surface area (Å²) >= 11 is 5.97. The molecule has 0 bridgehead atoms. The van der Waals surface area contributed by atoms with Crippen molar-refractivity contribution in [2.45, 2.75) is 44.2 Å². The molecule has 0 spiro atoms. The average molecular weight is 705 g/mol. The van der Waals surface area contributed by atoms with Crippen LogP contribution in [0.3, 0.4) is 0 Å². The van der Waals surface area contributed by atoms with E-state index in [0.29, 0.717) is 40.0 Å². The second-order valence-corrected chi connectivity index (χ2v) is 12.1. The normalized spacial score (nSPS) is 16.2. The van der Waals surface area contributed by atoms with Crippen molar-refractivity contribution in [2.24, 2.45) is 0 Å². The van der Waals surface area contributed by atoms with Gasteiger partial charge in [0, 0.05) is 35.2 Å². The van der Waals surface area contributed by atoms with Gasteiger partial charge in [-0.15, -0.1) is 5.53 Å². The zero-order valence-corrected chi connectivity index (χ0v) is 26.4. The Morgan fingerprint density at radius 2 is 1.67 bits per heavy atom. The van der Waals surface area contributed by atoms with Gasteiger partial charge >= 0.3 is 12.4 Å². The lowest BCUT2D eigenvalue weighted by Crippen LogP contribution is -2.47. The van der Waals surface area contributed by atoms with Crippen molar-refractivity contribution in [1.82, 2.24) is 26.3 Å². The Labute approximate surface area is 280 Å². The van der Waals surface area contributed by atoms with Crippen molar-refractivity contribution in [3.05, 3.63) is 105 Å². The molecule has 3 heterocycles.